The molecule has 1 unspecified atom stereocenters. The third kappa shape index (κ3) is 5.64. The predicted octanol–water partition coefficient (Wildman–Crippen LogP) is 4.42. The summed E-state index contributed by atoms with van der Waals surface area (Å²) in [7, 11) is 0. The van der Waals surface area contributed by atoms with Gasteiger partial charge < -0.3 is 5.32 Å². The Morgan fingerprint density at radius 1 is 1.11 bits per heavy atom. The van der Waals surface area contributed by atoms with Gasteiger partial charge in [0.25, 0.3) is 0 Å². The zero-order valence-electron chi connectivity index (χ0n) is 11.6. The first kappa shape index (κ1) is 16.0. The van der Waals surface area contributed by atoms with Crippen LogP contribution in [0.5, 0.6) is 0 Å². The van der Waals surface area contributed by atoms with E-state index in [2.05, 4.69) is 19.2 Å². The van der Waals surface area contributed by atoms with Crippen LogP contribution in [-0.2, 0) is 12.6 Å². The van der Waals surface area contributed by atoms with Crippen molar-refractivity contribution in [3.8, 4) is 0 Å². The largest absolute Gasteiger partial charge is 0.416 e. The van der Waals surface area contributed by atoms with Gasteiger partial charge in [-0.05, 0) is 49.9 Å². The Morgan fingerprint density at radius 2 is 1.74 bits per heavy atom. The van der Waals surface area contributed by atoms with Crippen LogP contribution in [0.15, 0.2) is 24.3 Å². The number of alkyl halides is 3. The predicted molar refractivity (Wildman–Crippen MR) is 72.1 cm³/mol. The Balaban J connectivity index is 2.49. The summed E-state index contributed by atoms with van der Waals surface area (Å²) >= 11 is 0. The lowest BCUT2D eigenvalue weighted by Gasteiger charge is -2.16. The summed E-state index contributed by atoms with van der Waals surface area (Å²) in [6.07, 6.45) is -0.334. The van der Waals surface area contributed by atoms with E-state index in [1.807, 2.05) is 0 Å². The number of benzene rings is 1. The molecule has 0 aliphatic heterocycles. The zero-order valence-corrected chi connectivity index (χ0v) is 11.6. The van der Waals surface area contributed by atoms with Crippen LogP contribution in [0.2, 0.25) is 0 Å². The minimum Gasteiger partial charge on any atom is -0.314 e. The minimum atomic E-state index is -4.24. The van der Waals surface area contributed by atoms with Crippen LogP contribution < -0.4 is 5.32 Å². The number of aryl methyl sites for hydroxylation is 1. The van der Waals surface area contributed by atoms with E-state index < -0.39 is 11.7 Å². The van der Waals surface area contributed by atoms with Crippen molar-refractivity contribution in [1.82, 2.24) is 5.32 Å². The van der Waals surface area contributed by atoms with Crippen LogP contribution in [0.4, 0.5) is 13.2 Å². The van der Waals surface area contributed by atoms with E-state index in [0.717, 1.165) is 49.9 Å². The van der Waals surface area contributed by atoms with Gasteiger partial charge in [-0.3, -0.25) is 0 Å². The van der Waals surface area contributed by atoms with Crippen molar-refractivity contribution in [2.45, 2.75) is 51.7 Å². The molecule has 1 aromatic carbocycles. The monoisotopic (exact) mass is 273 g/mol. The summed E-state index contributed by atoms with van der Waals surface area (Å²) in [5.74, 6) is 0. The van der Waals surface area contributed by atoms with E-state index >= 15 is 0 Å². The average Bonchev–Trinajstić information content (AvgIpc) is 2.38. The second-order valence-corrected chi connectivity index (χ2v) is 4.79. The first-order chi connectivity index (χ1) is 8.97. The number of halogens is 3. The van der Waals surface area contributed by atoms with Crippen LogP contribution in [0.25, 0.3) is 0 Å². The van der Waals surface area contributed by atoms with E-state index in [9.17, 15) is 13.2 Å². The van der Waals surface area contributed by atoms with Gasteiger partial charge in [0.2, 0.25) is 0 Å². The third-order valence-electron chi connectivity index (χ3n) is 3.24. The summed E-state index contributed by atoms with van der Waals surface area (Å²) in [6.45, 7) is 5.24. The normalized spacial score (nSPS) is 13.5. The summed E-state index contributed by atoms with van der Waals surface area (Å²) in [6, 6.07) is 5.93. The molecule has 0 fully saturated rings. The van der Waals surface area contributed by atoms with Crippen LogP contribution in [-0.4, -0.2) is 12.6 Å². The van der Waals surface area contributed by atoms with Crippen LogP contribution >= 0.6 is 0 Å². The second kappa shape index (κ2) is 7.53. The number of hydrogen-bond acceptors (Lipinski definition) is 1. The number of rotatable bonds is 7. The fraction of sp³-hybridized carbons (Fsp3) is 0.600. The molecule has 19 heavy (non-hydrogen) atoms. The molecule has 1 aromatic rings. The molecule has 1 nitrogen and oxygen atoms in total. The van der Waals surface area contributed by atoms with Crippen molar-refractivity contribution in [3.05, 3.63) is 35.4 Å². The SMILES string of the molecule is CCCNC(CC)CCc1ccc(C(F)(F)F)cc1. The van der Waals surface area contributed by atoms with E-state index in [-0.39, 0.29) is 0 Å². The molecule has 0 saturated carbocycles. The van der Waals surface area contributed by atoms with Crippen molar-refractivity contribution in [2.75, 3.05) is 6.54 Å². The van der Waals surface area contributed by atoms with Gasteiger partial charge in [-0.15, -0.1) is 0 Å². The molecule has 0 saturated heterocycles. The van der Waals surface area contributed by atoms with E-state index in [0.29, 0.717) is 6.04 Å². The molecule has 0 heterocycles. The zero-order chi connectivity index (χ0) is 14.3. The molecule has 1 atom stereocenters. The van der Waals surface area contributed by atoms with E-state index in [1.165, 1.54) is 0 Å². The highest BCUT2D eigenvalue weighted by atomic mass is 19.4. The maximum absolute atomic E-state index is 12.4. The molecule has 4 heteroatoms. The molecule has 0 spiro atoms. The lowest BCUT2D eigenvalue weighted by atomic mass is 10.0. The maximum atomic E-state index is 12.4. The first-order valence-corrected chi connectivity index (χ1v) is 6.86. The highest BCUT2D eigenvalue weighted by Crippen LogP contribution is 2.29. The van der Waals surface area contributed by atoms with Gasteiger partial charge in [0.15, 0.2) is 0 Å². The maximum Gasteiger partial charge on any atom is 0.416 e. The Hall–Kier alpha value is -1.03. The second-order valence-electron chi connectivity index (χ2n) is 4.79. The van der Waals surface area contributed by atoms with Gasteiger partial charge in [0.1, 0.15) is 0 Å². The van der Waals surface area contributed by atoms with Crippen molar-refractivity contribution in [2.24, 2.45) is 0 Å². The molecule has 0 aromatic heterocycles. The topological polar surface area (TPSA) is 12.0 Å². The van der Waals surface area contributed by atoms with Gasteiger partial charge in [-0.1, -0.05) is 26.0 Å². The van der Waals surface area contributed by atoms with Gasteiger partial charge in [0, 0.05) is 6.04 Å². The van der Waals surface area contributed by atoms with Crippen molar-refractivity contribution in [1.29, 1.82) is 0 Å². The van der Waals surface area contributed by atoms with Crippen LogP contribution in [0.1, 0.15) is 44.2 Å². The first-order valence-electron chi connectivity index (χ1n) is 6.86. The summed E-state index contributed by atoms with van der Waals surface area (Å²) in [5, 5.41) is 3.44. The molecule has 0 amide bonds. The average molecular weight is 273 g/mol. The molecule has 108 valence electrons. The lowest BCUT2D eigenvalue weighted by molar-refractivity contribution is -0.137. The third-order valence-corrected chi connectivity index (χ3v) is 3.24. The molecular formula is C15H22F3N. The standard InChI is InChI=1S/C15H22F3N/c1-3-11-19-14(4-2)10-7-12-5-8-13(9-6-12)15(16,17)18/h5-6,8-9,14,19H,3-4,7,10-11H2,1-2H3. The van der Waals surface area contributed by atoms with Crippen molar-refractivity contribution in [3.63, 3.8) is 0 Å². The lowest BCUT2D eigenvalue weighted by Crippen LogP contribution is -2.29. The minimum absolute atomic E-state index is 0.447. The summed E-state index contributed by atoms with van der Waals surface area (Å²) < 4.78 is 37.3. The Kier molecular flexibility index (Phi) is 6.35. The quantitative estimate of drug-likeness (QED) is 0.775. The van der Waals surface area contributed by atoms with Crippen LogP contribution in [0, 0.1) is 0 Å². The molecule has 1 rings (SSSR count). The van der Waals surface area contributed by atoms with E-state index in [4.69, 9.17) is 0 Å². The van der Waals surface area contributed by atoms with Gasteiger partial charge >= 0.3 is 6.18 Å². The Morgan fingerprint density at radius 3 is 2.21 bits per heavy atom. The smallest absolute Gasteiger partial charge is 0.314 e. The van der Waals surface area contributed by atoms with Crippen LogP contribution in [0.3, 0.4) is 0 Å². The Labute approximate surface area is 113 Å². The van der Waals surface area contributed by atoms with Gasteiger partial charge in [-0.25, -0.2) is 0 Å². The highest BCUT2D eigenvalue weighted by Gasteiger charge is 2.29. The Bertz CT molecular complexity index is 357. The summed E-state index contributed by atoms with van der Waals surface area (Å²) in [4.78, 5) is 0. The molecule has 0 bridgehead atoms. The van der Waals surface area contributed by atoms with E-state index in [1.54, 1.807) is 12.1 Å². The molecule has 1 N–H and O–H groups in total. The van der Waals surface area contributed by atoms with Crippen molar-refractivity contribution < 1.29 is 13.2 Å². The van der Waals surface area contributed by atoms with Gasteiger partial charge in [0.05, 0.1) is 5.56 Å². The fourth-order valence-corrected chi connectivity index (χ4v) is 2.00. The number of hydrogen-bond donors (Lipinski definition) is 1. The molecule has 0 aliphatic carbocycles. The van der Waals surface area contributed by atoms with Gasteiger partial charge in [-0.2, -0.15) is 13.2 Å². The molecule has 0 aliphatic rings. The summed E-state index contributed by atoms with van der Waals surface area (Å²) in [5.41, 5.74) is 0.386. The highest BCUT2D eigenvalue weighted by molar-refractivity contribution is 5.24. The molecular weight excluding hydrogens is 251 g/mol. The molecule has 0 radical (unpaired) electrons. The number of nitrogens with one attached hydrogen (secondary N) is 1. The van der Waals surface area contributed by atoms with Crippen molar-refractivity contribution >= 4 is 0 Å². The fourth-order valence-electron chi connectivity index (χ4n) is 2.00.